The van der Waals surface area contributed by atoms with Crippen molar-refractivity contribution < 1.29 is 9.53 Å². The van der Waals surface area contributed by atoms with Crippen molar-refractivity contribution >= 4 is 5.97 Å². The van der Waals surface area contributed by atoms with Gasteiger partial charge < -0.3 is 4.74 Å². The molecule has 3 nitrogen and oxygen atoms in total. The minimum Gasteiger partial charge on any atom is -0.462 e. The molecule has 0 aromatic carbocycles. The molecule has 3 heteroatoms. The topological polar surface area (TPSA) is 39.2 Å². The molecule has 1 aromatic rings. The molecule has 18 heavy (non-hydrogen) atoms. The second-order valence-corrected chi connectivity index (χ2v) is 4.91. The number of pyridine rings is 1. The number of rotatable bonds is 4. The number of ether oxygens (including phenoxy) is 1. The summed E-state index contributed by atoms with van der Waals surface area (Å²) in [5, 5.41) is 0. The van der Waals surface area contributed by atoms with E-state index in [1.807, 2.05) is 25.1 Å². The number of aromatic nitrogens is 1. The van der Waals surface area contributed by atoms with Gasteiger partial charge in [-0.3, -0.25) is 9.78 Å². The van der Waals surface area contributed by atoms with E-state index in [9.17, 15) is 4.79 Å². The predicted molar refractivity (Wildman–Crippen MR) is 70.2 cm³/mol. The summed E-state index contributed by atoms with van der Waals surface area (Å²) in [6.07, 6.45) is 8.26. The van der Waals surface area contributed by atoms with Gasteiger partial charge in [0.1, 0.15) is 6.10 Å². The summed E-state index contributed by atoms with van der Waals surface area (Å²) < 4.78 is 5.62. The molecule has 1 atom stereocenters. The molecular weight excluding hydrogens is 226 g/mol. The van der Waals surface area contributed by atoms with Gasteiger partial charge in [-0.2, -0.15) is 0 Å². The van der Waals surface area contributed by atoms with Crippen LogP contribution < -0.4 is 0 Å². The van der Waals surface area contributed by atoms with Crippen molar-refractivity contribution in [2.24, 2.45) is 0 Å². The van der Waals surface area contributed by atoms with Gasteiger partial charge in [0.25, 0.3) is 0 Å². The molecule has 0 spiro atoms. The Morgan fingerprint density at radius 1 is 1.39 bits per heavy atom. The smallest absolute Gasteiger partial charge is 0.315 e. The van der Waals surface area contributed by atoms with Crippen molar-refractivity contribution in [3.63, 3.8) is 0 Å². The normalized spacial score (nSPS) is 18.3. The summed E-state index contributed by atoms with van der Waals surface area (Å²) in [5.41, 5.74) is 0.820. The fourth-order valence-corrected chi connectivity index (χ4v) is 2.51. The first-order valence-corrected chi connectivity index (χ1v) is 6.92. The molecule has 0 aliphatic heterocycles. The highest BCUT2D eigenvalue weighted by molar-refractivity contribution is 5.77. The molecule has 1 aliphatic carbocycles. The van der Waals surface area contributed by atoms with Crippen LogP contribution in [0.1, 0.15) is 57.1 Å². The second kappa shape index (κ2) is 6.53. The molecule has 98 valence electrons. The molecule has 0 N–H and O–H groups in total. The Morgan fingerprint density at radius 2 is 2.17 bits per heavy atom. The number of carbonyl (C=O) groups is 1. The number of hydrogen-bond acceptors (Lipinski definition) is 3. The lowest BCUT2D eigenvalue weighted by Gasteiger charge is -2.24. The van der Waals surface area contributed by atoms with Crippen molar-refractivity contribution in [3.8, 4) is 0 Å². The lowest BCUT2D eigenvalue weighted by molar-refractivity contribution is -0.152. The highest BCUT2D eigenvalue weighted by atomic mass is 16.5. The van der Waals surface area contributed by atoms with Crippen LogP contribution in [-0.4, -0.2) is 17.1 Å². The zero-order chi connectivity index (χ0) is 12.8. The lowest BCUT2D eigenvalue weighted by atomic mass is 9.97. The Balaban J connectivity index is 1.97. The Kier molecular flexibility index (Phi) is 4.73. The first kappa shape index (κ1) is 13.1. The van der Waals surface area contributed by atoms with E-state index >= 15 is 0 Å². The van der Waals surface area contributed by atoms with Gasteiger partial charge in [0.2, 0.25) is 0 Å². The summed E-state index contributed by atoms with van der Waals surface area (Å²) in [5.74, 6) is -0.323. The minimum atomic E-state index is -0.215. The zero-order valence-corrected chi connectivity index (χ0v) is 11.0. The predicted octanol–water partition coefficient (Wildman–Crippen LogP) is 3.45. The molecule has 1 aliphatic rings. The average molecular weight is 247 g/mol. The molecule has 2 rings (SSSR count). The van der Waals surface area contributed by atoms with Crippen LogP contribution in [0.25, 0.3) is 0 Å². The van der Waals surface area contributed by atoms with Gasteiger partial charge >= 0.3 is 5.97 Å². The summed E-state index contributed by atoms with van der Waals surface area (Å²) in [6.45, 7) is 2.00. The average Bonchev–Trinajstić information content (AvgIpc) is 2.42. The number of nitrogens with zero attached hydrogens (tertiary/aromatic N) is 1. The first-order valence-electron chi connectivity index (χ1n) is 6.92. The standard InChI is InChI=1S/C15H21NO2/c1-2-13(14-10-6-7-11-16-14)15(17)18-12-8-4-3-5-9-12/h6-7,10-13H,2-5,8-9H2,1H3. The number of carbonyl (C=O) groups excluding carboxylic acids is 1. The van der Waals surface area contributed by atoms with E-state index in [1.165, 1.54) is 19.3 Å². The molecule has 1 unspecified atom stereocenters. The van der Waals surface area contributed by atoms with Crippen LogP contribution in [0, 0.1) is 0 Å². The van der Waals surface area contributed by atoms with Crippen LogP contribution in [0.2, 0.25) is 0 Å². The quantitative estimate of drug-likeness (QED) is 0.765. The highest BCUT2D eigenvalue weighted by Crippen LogP contribution is 2.24. The van der Waals surface area contributed by atoms with Crippen LogP contribution in [0.3, 0.4) is 0 Å². The van der Waals surface area contributed by atoms with Crippen molar-refractivity contribution in [2.75, 3.05) is 0 Å². The maximum absolute atomic E-state index is 12.2. The van der Waals surface area contributed by atoms with E-state index in [0.717, 1.165) is 25.0 Å². The highest BCUT2D eigenvalue weighted by Gasteiger charge is 2.25. The van der Waals surface area contributed by atoms with Crippen LogP contribution in [0.4, 0.5) is 0 Å². The molecular formula is C15H21NO2. The monoisotopic (exact) mass is 247 g/mol. The summed E-state index contributed by atoms with van der Waals surface area (Å²) in [6, 6.07) is 5.68. The van der Waals surface area contributed by atoms with E-state index in [-0.39, 0.29) is 18.0 Å². The third-order valence-electron chi connectivity index (χ3n) is 3.57. The van der Waals surface area contributed by atoms with Crippen LogP contribution >= 0.6 is 0 Å². The second-order valence-electron chi connectivity index (χ2n) is 4.91. The molecule has 0 amide bonds. The van der Waals surface area contributed by atoms with Crippen molar-refractivity contribution in [3.05, 3.63) is 30.1 Å². The molecule has 1 saturated carbocycles. The SMILES string of the molecule is CCC(C(=O)OC1CCCCC1)c1ccccn1. The van der Waals surface area contributed by atoms with Crippen molar-refractivity contribution in [1.82, 2.24) is 4.98 Å². The maximum atomic E-state index is 12.2. The van der Waals surface area contributed by atoms with Crippen LogP contribution in [0.5, 0.6) is 0 Å². The van der Waals surface area contributed by atoms with Gasteiger partial charge in [0, 0.05) is 6.20 Å². The number of hydrogen-bond donors (Lipinski definition) is 0. The summed E-state index contributed by atoms with van der Waals surface area (Å²) in [7, 11) is 0. The lowest BCUT2D eigenvalue weighted by Crippen LogP contribution is -2.25. The number of esters is 1. The molecule has 0 saturated heterocycles. The van der Waals surface area contributed by atoms with E-state index < -0.39 is 0 Å². The van der Waals surface area contributed by atoms with Gasteiger partial charge in [0.15, 0.2) is 0 Å². The van der Waals surface area contributed by atoms with E-state index in [0.29, 0.717) is 0 Å². The fourth-order valence-electron chi connectivity index (χ4n) is 2.51. The van der Waals surface area contributed by atoms with Gasteiger partial charge in [0.05, 0.1) is 11.6 Å². The zero-order valence-electron chi connectivity index (χ0n) is 11.0. The van der Waals surface area contributed by atoms with E-state index in [2.05, 4.69) is 4.98 Å². The van der Waals surface area contributed by atoms with E-state index in [4.69, 9.17) is 4.74 Å². The first-order chi connectivity index (χ1) is 8.81. The largest absolute Gasteiger partial charge is 0.462 e. The Hall–Kier alpha value is -1.38. The Bertz CT molecular complexity index is 371. The minimum absolute atomic E-state index is 0.108. The van der Waals surface area contributed by atoms with Crippen molar-refractivity contribution in [1.29, 1.82) is 0 Å². The van der Waals surface area contributed by atoms with Crippen LogP contribution in [0.15, 0.2) is 24.4 Å². The van der Waals surface area contributed by atoms with Crippen molar-refractivity contribution in [2.45, 2.75) is 57.5 Å². The third kappa shape index (κ3) is 3.31. The van der Waals surface area contributed by atoms with Gasteiger partial charge in [-0.15, -0.1) is 0 Å². The fraction of sp³-hybridized carbons (Fsp3) is 0.600. The Labute approximate surface area is 109 Å². The van der Waals surface area contributed by atoms with E-state index in [1.54, 1.807) is 6.20 Å². The molecule has 0 radical (unpaired) electrons. The van der Waals surface area contributed by atoms with Gasteiger partial charge in [-0.1, -0.05) is 19.4 Å². The van der Waals surface area contributed by atoms with Crippen LogP contribution in [-0.2, 0) is 9.53 Å². The summed E-state index contributed by atoms with van der Waals surface area (Å²) >= 11 is 0. The molecule has 0 bridgehead atoms. The molecule has 1 heterocycles. The van der Waals surface area contributed by atoms with Gasteiger partial charge in [-0.25, -0.2) is 0 Å². The Morgan fingerprint density at radius 3 is 2.78 bits per heavy atom. The maximum Gasteiger partial charge on any atom is 0.315 e. The molecule has 1 fully saturated rings. The molecule has 1 aromatic heterocycles. The summed E-state index contributed by atoms with van der Waals surface area (Å²) in [4.78, 5) is 16.4. The van der Waals surface area contributed by atoms with Gasteiger partial charge in [-0.05, 0) is 44.2 Å². The third-order valence-corrected chi connectivity index (χ3v) is 3.57.